The Hall–Kier alpha value is -0.820. The summed E-state index contributed by atoms with van der Waals surface area (Å²) in [7, 11) is 2.46. The average molecular weight is 246 g/mol. The minimum Gasteiger partial charge on any atom is -0.291 e. The van der Waals surface area contributed by atoms with Crippen LogP contribution < -0.4 is 4.48 Å². The highest BCUT2D eigenvalue weighted by Gasteiger charge is 2.34. The Kier molecular flexibility index (Phi) is 4.82. The molecule has 1 unspecified atom stereocenters. The third-order valence-corrected chi connectivity index (χ3v) is 4.70. The highest BCUT2D eigenvalue weighted by molar-refractivity contribution is 5.42. The third-order valence-electron chi connectivity index (χ3n) is 4.70. The molecule has 1 atom stereocenters. The fraction of sp³-hybridized carbons (Fsp3) is 0.647. The van der Waals surface area contributed by atoms with E-state index in [0.29, 0.717) is 0 Å². The Labute approximate surface area is 112 Å². The lowest BCUT2D eigenvalue weighted by atomic mass is 9.91. The average Bonchev–Trinajstić information content (AvgIpc) is 2.46. The second kappa shape index (κ2) is 6.38. The van der Waals surface area contributed by atoms with Gasteiger partial charge in [0, 0.05) is 0 Å². The zero-order chi connectivity index (χ0) is 12.8. The first kappa shape index (κ1) is 13.6. The molecule has 0 N–H and O–H groups in total. The Morgan fingerprint density at radius 3 is 2.33 bits per heavy atom. The van der Waals surface area contributed by atoms with Crippen molar-refractivity contribution in [2.45, 2.75) is 57.9 Å². The Bertz CT molecular complexity index is 340. The monoisotopic (exact) mass is 246 g/mol. The fourth-order valence-corrected chi connectivity index (χ4v) is 3.43. The smallest absolute Gasteiger partial charge is 0.132 e. The van der Waals surface area contributed by atoms with Gasteiger partial charge in [0.15, 0.2) is 0 Å². The minimum absolute atomic E-state index is 0.840. The highest BCUT2D eigenvalue weighted by atomic mass is 15.4. The van der Waals surface area contributed by atoms with Gasteiger partial charge in [-0.1, -0.05) is 38.0 Å². The molecule has 1 fully saturated rings. The molecule has 0 heterocycles. The van der Waals surface area contributed by atoms with Crippen molar-refractivity contribution in [2.75, 3.05) is 13.6 Å². The van der Waals surface area contributed by atoms with Gasteiger partial charge < -0.3 is 0 Å². The summed E-state index contributed by atoms with van der Waals surface area (Å²) in [5, 5.41) is 0. The second-order valence-corrected chi connectivity index (χ2v) is 5.97. The second-order valence-electron chi connectivity index (χ2n) is 5.97. The number of hydrogen-bond acceptors (Lipinski definition) is 0. The van der Waals surface area contributed by atoms with Crippen LogP contribution in [0.4, 0.5) is 5.69 Å². The summed E-state index contributed by atoms with van der Waals surface area (Å²) in [5.41, 5.74) is 1.51. The molecule has 0 bridgehead atoms. The first-order valence-electron chi connectivity index (χ1n) is 7.68. The highest BCUT2D eigenvalue weighted by Crippen LogP contribution is 2.33. The maximum atomic E-state index is 2.46. The van der Waals surface area contributed by atoms with Crippen LogP contribution in [0.5, 0.6) is 0 Å². The lowest BCUT2D eigenvalue weighted by Crippen LogP contribution is -2.54. The van der Waals surface area contributed by atoms with Crippen LogP contribution in [0, 0.1) is 0 Å². The van der Waals surface area contributed by atoms with Gasteiger partial charge in [0.05, 0.1) is 19.6 Å². The number of quaternary nitrogens is 1. The van der Waals surface area contributed by atoms with Gasteiger partial charge in [-0.25, -0.2) is 0 Å². The number of unbranched alkanes of at least 4 members (excludes halogenated alkanes) is 1. The van der Waals surface area contributed by atoms with Crippen molar-refractivity contribution in [3.63, 3.8) is 0 Å². The van der Waals surface area contributed by atoms with Crippen molar-refractivity contribution < 1.29 is 0 Å². The number of hydrogen-bond donors (Lipinski definition) is 0. The van der Waals surface area contributed by atoms with Crippen molar-refractivity contribution in [3.8, 4) is 0 Å². The van der Waals surface area contributed by atoms with E-state index in [1.54, 1.807) is 0 Å². The molecule has 1 heteroatoms. The van der Waals surface area contributed by atoms with Crippen LogP contribution in [-0.2, 0) is 0 Å². The zero-order valence-corrected chi connectivity index (χ0v) is 12.1. The molecule has 1 nitrogen and oxygen atoms in total. The van der Waals surface area contributed by atoms with E-state index in [9.17, 15) is 0 Å². The molecule has 1 aromatic carbocycles. The molecule has 1 aliphatic carbocycles. The molecule has 0 spiro atoms. The van der Waals surface area contributed by atoms with Gasteiger partial charge in [0.2, 0.25) is 0 Å². The molecule has 1 aromatic rings. The van der Waals surface area contributed by atoms with Crippen LogP contribution >= 0.6 is 0 Å². The summed E-state index contributed by atoms with van der Waals surface area (Å²) >= 11 is 0. The van der Waals surface area contributed by atoms with E-state index in [-0.39, 0.29) is 0 Å². The molecule has 1 saturated carbocycles. The molecule has 0 amide bonds. The maximum Gasteiger partial charge on any atom is 0.132 e. The Morgan fingerprint density at radius 2 is 1.72 bits per heavy atom. The molecule has 0 radical (unpaired) electrons. The lowest BCUT2D eigenvalue weighted by molar-refractivity contribution is 0.190. The van der Waals surface area contributed by atoms with Crippen molar-refractivity contribution in [1.29, 1.82) is 0 Å². The summed E-state index contributed by atoms with van der Waals surface area (Å²) < 4.78 is 1.16. The van der Waals surface area contributed by atoms with Crippen LogP contribution in [0.1, 0.15) is 51.9 Å². The standard InChI is InChI=1S/C17H28N/c1-3-4-15-18(2,16-11-7-5-8-12-16)17-13-9-6-10-14-17/h5,7-8,11-12,17H,3-4,6,9-10,13-15H2,1-2H3/q+1. The molecule has 1 aliphatic rings. The molecule has 0 saturated heterocycles. The number of rotatable bonds is 5. The van der Waals surface area contributed by atoms with E-state index < -0.39 is 0 Å². The third kappa shape index (κ3) is 2.95. The quantitative estimate of drug-likeness (QED) is 0.657. The van der Waals surface area contributed by atoms with Crippen molar-refractivity contribution in [3.05, 3.63) is 30.3 Å². The van der Waals surface area contributed by atoms with Gasteiger partial charge in [-0.3, -0.25) is 4.48 Å². The first-order chi connectivity index (χ1) is 8.77. The van der Waals surface area contributed by atoms with E-state index >= 15 is 0 Å². The van der Waals surface area contributed by atoms with E-state index in [1.807, 2.05) is 0 Å². The summed E-state index contributed by atoms with van der Waals surface area (Å²) in [6.07, 6.45) is 9.76. The topological polar surface area (TPSA) is 0 Å². The summed E-state index contributed by atoms with van der Waals surface area (Å²) in [5.74, 6) is 0. The van der Waals surface area contributed by atoms with Gasteiger partial charge in [0.1, 0.15) is 5.69 Å². The molecule has 0 aliphatic heterocycles. The van der Waals surface area contributed by atoms with Gasteiger partial charge in [-0.15, -0.1) is 0 Å². The molecule has 0 aromatic heterocycles. The lowest BCUT2D eigenvalue weighted by Gasteiger charge is -2.43. The van der Waals surface area contributed by atoms with Gasteiger partial charge in [0.25, 0.3) is 0 Å². The Balaban J connectivity index is 2.21. The van der Waals surface area contributed by atoms with Gasteiger partial charge >= 0.3 is 0 Å². The fourth-order valence-electron chi connectivity index (χ4n) is 3.43. The zero-order valence-electron chi connectivity index (χ0n) is 12.1. The summed E-state index contributed by atoms with van der Waals surface area (Å²) in [6.45, 7) is 3.60. The van der Waals surface area contributed by atoms with Crippen LogP contribution in [0.2, 0.25) is 0 Å². The van der Waals surface area contributed by atoms with E-state index in [4.69, 9.17) is 0 Å². The largest absolute Gasteiger partial charge is 0.291 e. The van der Waals surface area contributed by atoms with E-state index in [0.717, 1.165) is 10.5 Å². The van der Waals surface area contributed by atoms with Crippen LogP contribution in [-0.4, -0.2) is 19.6 Å². The molecule has 18 heavy (non-hydrogen) atoms. The van der Waals surface area contributed by atoms with E-state index in [1.165, 1.54) is 57.2 Å². The van der Waals surface area contributed by atoms with Gasteiger partial charge in [-0.2, -0.15) is 0 Å². The minimum atomic E-state index is 0.840. The van der Waals surface area contributed by atoms with Crippen molar-refractivity contribution >= 4 is 5.69 Å². The normalized spacial score (nSPS) is 20.6. The predicted molar refractivity (Wildman–Crippen MR) is 80.8 cm³/mol. The molecule has 2 rings (SSSR count). The van der Waals surface area contributed by atoms with Crippen molar-refractivity contribution in [1.82, 2.24) is 4.48 Å². The maximum absolute atomic E-state index is 2.46. The van der Waals surface area contributed by atoms with Crippen LogP contribution in [0.3, 0.4) is 0 Å². The van der Waals surface area contributed by atoms with Crippen LogP contribution in [0.25, 0.3) is 0 Å². The number of benzene rings is 1. The predicted octanol–water partition coefficient (Wildman–Crippen LogP) is 4.76. The Morgan fingerprint density at radius 1 is 1.06 bits per heavy atom. The van der Waals surface area contributed by atoms with Crippen molar-refractivity contribution in [2.24, 2.45) is 0 Å². The van der Waals surface area contributed by atoms with Gasteiger partial charge in [-0.05, 0) is 44.2 Å². The van der Waals surface area contributed by atoms with E-state index in [2.05, 4.69) is 44.3 Å². The molecular formula is C17H28N+. The molecule has 100 valence electrons. The SMILES string of the molecule is CCCC[N+](C)(c1ccccc1)C1CCCCC1. The number of para-hydroxylation sites is 1. The first-order valence-corrected chi connectivity index (χ1v) is 7.68. The van der Waals surface area contributed by atoms with Crippen LogP contribution in [0.15, 0.2) is 30.3 Å². The number of nitrogens with zero attached hydrogens (tertiary/aromatic N) is 1. The summed E-state index contributed by atoms with van der Waals surface area (Å²) in [4.78, 5) is 0. The summed E-state index contributed by atoms with van der Waals surface area (Å²) in [6, 6.07) is 12.0. The molecular weight excluding hydrogens is 218 g/mol.